The number of aromatic nitrogens is 2. The largest absolute Gasteiger partial charge is 0.493 e. The number of hydrogen-bond donors (Lipinski definition) is 0. The normalized spacial score (nSPS) is 14.2. The van der Waals surface area contributed by atoms with Crippen molar-refractivity contribution in [3.63, 3.8) is 0 Å². The van der Waals surface area contributed by atoms with E-state index in [9.17, 15) is 14.4 Å². The molecule has 202 valence electrons. The molecule has 3 heterocycles. The fourth-order valence-electron chi connectivity index (χ4n) is 5.42. The van der Waals surface area contributed by atoms with E-state index in [1.807, 2.05) is 49.4 Å². The predicted octanol–water partition coefficient (Wildman–Crippen LogP) is 3.73. The van der Waals surface area contributed by atoms with Gasteiger partial charge in [-0.15, -0.1) is 0 Å². The second-order valence-corrected chi connectivity index (χ2v) is 9.79. The molecule has 2 amide bonds. The van der Waals surface area contributed by atoms with E-state index in [-0.39, 0.29) is 30.6 Å². The molecule has 9 nitrogen and oxygen atoms in total. The molecule has 4 aromatic rings. The molecular formula is C31H28N4O5. The van der Waals surface area contributed by atoms with Crippen LogP contribution >= 0.6 is 0 Å². The summed E-state index contributed by atoms with van der Waals surface area (Å²) >= 11 is 0. The monoisotopic (exact) mass is 536 g/mol. The molecule has 1 aromatic heterocycles. The number of carbonyl (C=O) groups is 2. The SMILES string of the molecule is COc1cc2c(cc1OC)-c1cc(=Nc3ccccc3C)n(CCN3C(=O)c4ccccc4C3=O)c(=O)n1CC2. The molecule has 0 radical (unpaired) electrons. The van der Waals surface area contributed by atoms with Gasteiger partial charge in [0.1, 0.15) is 5.49 Å². The molecule has 0 atom stereocenters. The number of methoxy groups -OCH3 is 2. The van der Waals surface area contributed by atoms with Crippen molar-refractivity contribution in [1.29, 1.82) is 0 Å². The van der Waals surface area contributed by atoms with Gasteiger partial charge in [-0.05, 0) is 54.8 Å². The molecule has 0 saturated heterocycles. The Morgan fingerprint density at radius 2 is 1.45 bits per heavy atom. The number of hydrogen-bond acceptors (Lipinski definition) is 6. The van der Waals surface area contributed by atoms with Crippen LogP contribution < -0.4 is 20.7 Å². The van der Waals surface area contributed by atoms with Crippen molar-refractivity contribution in [2.45, 2.75) is 26.4 Å². The van der Waals surface area contributed by atoms with Crippen molar-refractivity contribution < 1.29 is 19.1 Å². The van der Waals surface area contributed by atoms with Crippen LogP contribution in [0.3, 0.4) is 0 Å². The summed E-state index contributed by atoms with van der Waals surface area (Å²) in [7, 11) is 3.18. The first-order chi connectivity index (χ1) is 19.4. The zero-order valence-electron chi connectivity index (χ0n) is 22.5. The smallest absolute Gasteiger partial charge is 0.330 e. The molecule has 40 heavy (non-hydrogen) atoms. The molecule has 0 N–H and O–H groups in total. The van der Waals surface area contributed by atoms with Crippen molar-refractivity contribution >= 4 is 17.5 Å². The summed E-state index contributed by atoms with van der Waals surface area (Å²) in [4.78, 5) is 46.1. The molecule has 0 unspecified atom stereocenters. The summed E-state index contributed by atoms with van der Waals surface area (Å²) in [6.45, 7) is 2.57. The highest BCUT2D eigenvalue weighted by Gasteiger charge is 2.35. The Morgan fingerprint density at radius 1 is 0.800 bits per heavy atom. The molecular weight excluding hydrogens is 508 g/mol. The van der Waals surface area contributed by atoms with Crippen LogP contribution in [-0.2, 0) is 19.5 Å². The van der Waals surface area contributed by atoms with Gasteiger partial charge in [0.2, 0.25) is 0 Å². The Kier molecular flexibility index (Phi) is 6.34. The molecule has 6 rings (SSSR count). The highest BCUT2D eigenvalue weighted by Crippen LogP contribution is 2.37. The van der Waals surface area contributed by atoms with E-state index in [0.717, 1.165) is 28.1 Å². The minimum absolute atomic E-state index is 0.0451. The summed E-state index contributed by atoms with van der Waals surface area (Å²) in [6.07, 6.45) is 0.634. The number of rotatable bonds is 6. The molecule has 0 saturated carbocycles. The lowest BCUT2D eigenvalue weighted by molar-refractivity contribution is 0.0647. The van der Waals surface area contributed by atoms with Crippen LogP contribution in [0.15, 0.2) is 76.5 Å². The number of imide groups is 1. The molecule has 0 aliphatic carbocycles. The van der Waals surface area contributed by atoms with Gasteiger partial charge in [0, 0.05) is 31.3 Å². The Hall–Kier alpha value is -4.92. The highest BCUT2D eigenvalue weighted by molar-refractivity contribution is 6.21. The first kappa shape index (κ1) is 25.4. The van der Waals surface area contributed by atoms with Crippen LogP contribution in [0.25, 0.3) is 11.3 Å². The van der Waals surface area contributed by atoms with E-state index in [4.69, 9.17) is 14.5 Å². The fraction of sp³-hybridized carbons (Fsp3) is 0.226. The fourth-order valence-corrected chi connectivity index (χ4v) is 5.42. The van der Waals surface area contributed by atoms with E-state index in [1.54, 1.807) is 47.6 Å². The number of fused-ring (bicyclic) bond motifs is 4. The maximum absolute atomic E-state index is 14.0. The Balaban J connectivity index is 1.48. The molecule has 0 spiro atoms. The van der Waals surface area contributed by atoms with E-state index in [2.05, 4.69) is 0 Å². The second-order valence-electron chi connectivity index (χ2n) is 9.79. The summed E-state index contributed by atoms with van der Waals surface area (Å²) in [5, 5.41) is 0. The summed E-state index contributed by atoms with van der Waals surface area (Å²) in [6, 6.07) is 20.2. The van der Waals surface area contributed by atoms with Gasteiger partial charge in [0.25, 0.3) is 11.8 Å². The minimum atomic E-state index is -0.355. The molecule has 0 fully saturated rings. The number of benzene rings is 3. The van der Waals surface area contributed by atoms with Crippen molar-refractivity contribution in [2.75, 3.05) is 20.8 Å². The quantitative estimate of drug-likeness (QED) is 0.350. The number of para-hydroxylation sites is 1. The molecule has 3 aromatic carbocycles. The van der Waals surface area contributed by atoms with Crippen molar-refractivity contribution in [1.82, 2.24) is 14.0 Å². The van der Waals surface area contributed by atoms with Gasteiger partial charge in [-0.2, -0.15) is 0 Å². The van der Waals surface area contributed by atoms with Gasteiger partial charge in [-0.25, -0.2) is 9.79 Å². The number of nitrogens with zero attached hydrogens (tertiary/aromatic N) is 4. The Bertz CT molecular complexity index is 1780. The van der Waals surface area contributed by atoms with Crippen LogP contribution in [-0.4, -0.2) is 46.6 Å². The van der Waals surface area contributed by atoms with Crippen molar-refractivity contribution in [3.05, 3.63) is 105 Å². The molecule has 0 bridgehead atoms. The van der Waals surface area contributed by atoms with Gasteiger partial charge in [0.15, 0.2) is 11.5 Å². The van der Waals surface area contributed by atoms with E-state index >= 15 is 0 Å². The average molecular weight is 537 g/mol. The van der Waals surface area contributed by atoms with E-state index in [1.165, 1.54) is 4.90 Å². The van der Waals surface area contributed by atoms with Crippen LogP contribution in [0.5, 0.6) is 11.5 Å². The maximum atomic E-state index is 14.0. The number of amides is 2. The van der Waals surface area contributed by atoms with Crippen LogP contribution in [0.1, 0.15) is 31.8 Å². The first-order valence-electron chi connectivity index (χ1n) is 13.1. The summed E-state index contributed by atoms with van der Waals surface area (Å²) < 4.78 is 14.3. The molecule has 2 aliphatic heterocycles. The lowest BCUT2D eigenvalue weighted by Crippen LogP contribution is -2.45. The zero-order valence-corrected chi connectivity index (χ0v) is 22.5. The standard InChI is InChI=1S/C31H28N4O5/c1-19-8-4-7-11-24(19)32-28-18-25-23-17-27(40-3)26(39-2)16-20(23)12-13-33(25)31(38)34(28)14-15-35-29(36)21-9-5-6-10-22(21)30(35)37/h4-11,16-18H,12-15H2,1-3H3. The predicted molar refractivity (Wildman–Crippen MR) is 149 cm³/mol. The van der Waals surface area contributed by atoms with Crippen LogP contribution in [0.2, 0.25) is 0 Å². The third-order valence-electron chi connectivity index (χ3n) is 7.56. The lowest BCUT2D eigenvalue weighted by atomic mass is 9.97. The van der Waals surface area contributed by atoms with Gasteiger partial charge in [0.05, 0.1) is 36.7 Å². The van der Waals surface area contributed by atoms with Crippen molar-refractivity contribution in [3.8, 4) is 22.8 Å². The van der Waals surface area contributed by atoms with E-state index < -0.39 is 0 Å². The molecule has 2 aliphatic rings. The molecule has 9 heteroatoms. The summed E-state index contributed by atoms with van der Waals surface area (Å²) in [5.41, 5.74) is 5.25. The van der Waals surface area contributed by atoms with Crippen LogP contribution in [0.4, 0.5) is 5.69 Å². The minimum Gasteiger partial charge on any atom is -0.493 e. The van der Waals surface area contributed by atoms with E-state index in [0.29, 0.717) is 41.1 Å². The zero-order chi connectivity index (χ0) is 28.0. The van der Waals surface area contributed by atoms with Crippen LogP contribution in [0, 0.1) is 6.92 Å². The second kappa shape index (κ2) is 10.00. The van der Waals surface area contributed by atoms with Crippen molar-refractivity contribution in [2.24, 2.45) is 4.99 Å². The number of aryl methyl sites for hydroxylation is 2. The van der Waals surface area contributed by atoms with Gasteiger partial charge in [-0.3, -0.25) is 23.6 Å². The highest BCUT2D eigenvalue weighted by atomic mass is 16.5. The third kappa shape index (κ3) is 4.10. The maximum Gasteiger partial charge on any atom is 0.330 e. The van der Waals surface area contributed by atoms with Gasteiger partial charge >= 0.3 is 5.69 Å². The topological polar surface area (TPSA) is 95.1 Å². The summed E-state index contributed by atoms with van der Waals surface area (Å²) in [5.74, 6) is 0.494. The third-order valence-corrected chi connectivity index (χ3v) is 7.56. The number of carbonyl (C=O) groups excluding carboxylic acids is 2. The van der Waals surface area contributed by atoms with Gasteiger partial charge < -0.3 is 9.47 Å². The average Bonchev–Trinajstić information content (AvgIpc) is 3.22. The van der Waals surface area contributed by atoms with Gasteiger partial charge in [-0.1, -0.05) is 30.3 Å². The lowest BCUT2D eigenvalue weighted by Gasteiger charge is -2.25. The Labute approximate surface area is 230 Å². The Morgan fingerprint density at radius 3 is 2.12 bits per heavy atom. The first-order valence-corrected chi connectivity index (χ1v) is 13.1. The number of ether oxygens (including phenoxy) is 2.